The molecular formula is C13H18N2O4. The van der Waals surface area contributed by atoms with Gasteiger partial charge in [-0.3, -0.25) is 0 Å². The fourth-order valence-electron chi connectivity index (χ4n) is 2.18. The molecule has 0 aromatic carbocycles. The number of nitrogens with zero attached hydrogens (tertiary/aromatic N) is 1. The number of hydrogen-bond acceptors (Lipinski definition) is 5. The first-order valence-corrected chi connectivity index (χ1v) is 6.41. The Morgan fingerprint density at radius 3 is 3.00 bits per heavy atom. The van der Waals surface area contributed by atoms with E-state index in [1.54, 1.807) is 6.07 Å². The van der Waals surface area contributed by atoms with Gasteiger partial charge in [-0.15, -0.1) is 0 Å². The topological polar surface area (TPSA) is 91.7 Å². The molecule has 1 aliphatic carbocycles. The molecule has 6 heteroatoms. The molecule has 3 N–H and O–H groups in total. The Bertz CT molecular complexity index is 462. The monoisotopic (exact) mass is 266 g/mol. The molecule has 0 saturated carbocycles. The van der Waals surface area contributed by atoms with E-state index in [2.05, 4.69) is 10.3 Å². The summed E-state index contributed by atoms with van der Waals surface area (Å²) in [6.45, 7) is 1.13. The van der Waals surface area contributed by atoms with Crippen molar-refractivity contribution in [1.29, 1.82) is 0 Å². The van der Waals surface area contributed by atoms with Gasteiger partial charge in [-0.25, -0.2) is 9.78 Å². The minimum atomic E-state index is -0.971. The second-order valence-electron chi connectivity index (χ2n) is 4.41. The third-order valence-electron chi connectivity index (χ3n) is 3.06. The summed E-state index contributed by atoms with van der Waals surface area (Å²) in [5.74, 6) is -0.568. The van der Waals surface area contributed by atoms with Crippen LogP contribution in [-0.4, -0.2) is 47.5 Å². The van der Waals surface area contributed by atoms with Gasteiger partial charge in [0.1, 0.15) is 11.4 Å². The standard InChI is InChI=1S/C13H18N2O4/c16-5-7-19-6-4-14-12-10(13(17)18)8-9-2-1-3-11(9)15-12/h8,16H,1-7H2,(H,14,15)(H,17,18). The number of anilines is 1. The van der Waals surface area contributed by atoms with Gasteiger partial charge in [0.2, 0.25) is 0 Å². The Labute approximate surface area is 111 Å². The van der Waals surface area contributed by atoms with Gasteiger partial charge in [0.25, 0.3) is 0 Å². The molecular weight excluding hydrogens is 248 g/mol. The van der Waals surface area contributed by atoms with Crippen molar-refractivity contribution in [3.05, 3.63) is 22.9 Å². The van der Waals surface area contributed by atoms with E-state index in [0.29, 0.717) is 19.0 Å². The number of aromatic carboxylic acids is 1. The highest BCUT2D eigenvalue weighted by Crippen LogP contribution is 2.25. The molecule has 0 saturated heterocycles. The van der Waals surface area contributed by atoms with Gasteiger partial charge in [0, 0.05) is 12.2 Å². The number of carboxylic acids is 1. The summed E-state index contributed by atoms with van der Waals surface area (Å²) >= 11 is 0. The lowest BCUT2D eigenvalue weighted by Gasteiger charge is -2.11. The molecule has 1 aromatic heterocycles. The highest BCUT2D eigenvalue weighted by Gasteiger charge is 2.19. The molecule has 0 spiro atoms. The summed E-state index contributed by atoms with van der Waals surface area (Å²) in [7, 11) is 0. The summed E-state index contributed by atoms with van der Waals surface area (Å²) < 4.78 is 5.11. The minimum Gasteiger partial charge on any atom is -0.478 e. The number of ether oxygens (including phenoxy) is 1. The van der Waals surface area contributed by atoms with Gasteiger partial charge in [0.05, 0.1) is 19.8 Å². The fraction of sp³-hybridized carbons (Fsp3) is 0.538. The first-order valence-electron chi connectivity index (χ1n) is 6.41. The highest BCUT2D eigenvalue weighted by molar-refractivity contribution is 5.93. The second-order valence-corrected chi connectivity index (χ2v) is 4.41. The van der Waals surface area contributed by atoms with Gasteiger partial charge >= 0.3 is 5.97 Å². The van der Waals surface area contributed by atoms with Crippen molar-refractivity contribution in [2.24, 2.45) is 0 Å². The second kappa shape index (κ2) is 6.49. The molecule has 1 aromatic rings. The lowest BCUT2D eigenvalue weighted by molar-refractivity contribution is 0.0697. The Kier molecular flexibility index (Phi) is 4.70. The summed E-state index contributed by atoms with van der Waals surface area (Å²) in [4.78, 5) is 15.6. The van der Waals surface area contributed by atoms with Crippen LogP contribution in [0.1, 0.15) is 28.0 Å². The van der Waals surface area contributed by atoms with Crippen LogP contribution >= 0.6 is 0 Å². The SMILES string of the molecule is O=C(O)c1cc2c(nc1NCCOCCO)CCC2. The summed E-state index contributed by atoms with van der Waals surface area (Å²) in [5.41, 5.74) is 2.24. The molecule has 0 amide bonds. The molecule has 1 aliphatic rings. The van der Waals surface area contributed by atoms with Crippen molar-refractivity contribution < 1.29 is 19.7 Å². The van der Waals surface area contributed by atoms with Crippen LogP contribution in [-0.2, 0) is 17.6 Å². The van der Waals surface area contributed by atoms with Gasteiger partial charge in [-0.2, -0.15) is 0 Å². The van der Waals surface area contributed by atoms with E-state index in [0.717, 1.165) is 30.5 Å². The Morgan fingerprint density at radius 2 is 2.26 bits per heavy atom. The molecule has 104 valence electrons. The Hall–Kier alpha value is -1.66. The van der Waals surface area contributed by atoms with Crippen molar-refractivity contribution in [1.82, 2.24) is 4.98 Å². The zero-order valence-electron chi connectivity index (χ0n) is 10.7. The highest BCUT2D eigenvalue weighted by atomic mass is 16.5. The number of pyridine rings is 1. The Morgan fingerprint density at radius 1 is 1.42 bits per heavy atom. The van der Waals surface area contributed by atoms with E-state index < -0.39 is 5.97 Å². The number of carbonyl (C=O) groups is 1. The normalized spacial score (nSPS) is 13.3. The molecule has 19 heavy (non-hydrogen) atoms. The van der Waals surface area contributed by atoms with E-state index in [-0.39, 0.29) is 18.8 Å². The number of fused-ring (bicyclic) bond motifs is 1. The van der Waals surface area contributed by atoms with Crippen molar-refractivity contribution >= 4 is 11.8 Å². The molecule has 0 fully saturated rings. The molecule has 0 aliphatic heterocycles. The number of nitrogens with one attached hydrogen (secondary N) is 1. The van der Waals surface area contributed by atoms with Gasteiger partial charge in [-0.1, -0.05) is 0 Å². The van der Waals surface area contributed by atoms with Gasteiger partial charge in [-0.05, 0) is 30.9 Å². The Balaban J connectivity index is 2.03. The molecule has 0 bridgehead atoms. The van der Waals surface area contributed by atoms with Crippen LogP contribution in [0, 0.1) is 0 Å². The van der Waals surface area contributed by atoms with Crippen LogP contribution in [0.4, 0.5) is 5.82 Å². The van der Waals surface area contributed by atoms with Gasteiger partial charge < -0.3 is 20.3 Å². The average molecular weight is 266 g/mol. The van der Waals surface area contributed by atoms with Crippen LogP contribution in [0.5, 0.6) is 0 Å². The molecule has 6 nitrogen and oxygen atoms in total. The summed E-state index contributed by atoms with van der Waals surface area (Å²) in [6.07, 6.45) is 2.85. The van der Waals surface area contributed by atoms with E-state index in [9.17, 15) is 9.90 Å². The van der Waals surface area contributed by atoms with Crippen molar-refractivity contribution in [3.8, 4) is 0 Å². The molecule has 0 unspecified atom stereocenters. The lowest BCUT2D eigenvalue weighted by Crippen LogP contribution is -2.15. The van der Waals surface area contributed by atoms with E-state index in [1.807, 2.05) is 0 Å². The maximum Gasteiger partial charge on any atom is 0.339 e. The minimum absolute atomic E-state index is 0.0164. The first-order chi connectivity index (χ1) is 9.22. The molecule has 0 atom stereocenters. The van der Waals surface area contributed by atoms with Crippen molar-refractivity contribution in [2.45, 2.75) is 19.3 Å². The molecule has 0 radical (unpaired) electrons. The van der Waals surface area contributed by atoms with E-state index in [1.165, 1.54) is 0 Å². The van der Waals surface area contributed by atoms with Crippen molar-refractivity contribution in [3.63, 3.8) is 0 Å². The zero-order valence-corrected chi connectivity index (χ0v) is 10.7. The number of aryl methyl sites for hydroxylation is 2. The van der Waals surface area contributed by atoms with Crippen LogP contribution in [0.25, 0.3) is 0 Å². The smallest absolute Gasteiger partial charge is 0.339 e. The number of hydrogen-bond donors (Lipinski definition) is 3. The predicted molar refractivity (Wildman–Crippen MR) is 69.6 cm³/mol. The number of rotatable bonds is 7. The first kappa shape index (κ1) is 13.8. The molecule has 2 rings (SSSR count). The number of aromatic nitrogens is 1. The fourth-order valence-corrected chi connectivity index (χ4v) is 2.18. The van der Waals surface area contributed by atoms with Crippen LogP contribution < -0.4 is 5.32 Å². The van der Waals surface area contributed by atoms with Gasteiger partial charge in [0.15, 0.2) is 0 Å². The quantitative estimate of drug-likeness (QED) is 0.629. The van der Waals surface area contributed by atoms with Crippen LogP contribution in [0.15, 0.2) is 6.07 Å². The number of aliphatic hydroxyl groups is 1. The third kappa shape index (κ3) is 3.42. The van der Waals surface area contributed by atoms with Crippen LogP contribution in [0.2, 0.25) is 0 Å². The van der Waals surface area contributed by atoms with Crippen LogP contribution in [0.3, 0.4) is 0 Å². The van der Waals surface area contributed by atoms with E-state index >= 15 is 0 Å². The maximum atomic E-state index is 11.2. The third-order valence-corrected chi connectivity index (χ3v) is 3.06. The summed E-state index contributed by atoms with van der Waals surface area (Å²) in [5, 5.41) is 20.7. The van der Waals surface area contributed by atoms with E-state index in [4.69, 9.17) is 9.84 Å². The largest absolute Gasteiger partial charge is 0.478 e. The number of carboxylic acid groups (broad SMARTS) is 1. The maximum absolute atomic E-state index is 11.2. The number of aliphatic hydroxyl groups excluding tert-OH is 1. The average Bonchev–Trinajstić information content (AvgIpc) is 2.84. The molecule has 1 heterocycles. The van der Waals surface area contributed by atoms with Crippen molar-refractivity contribution in [2.75, 3.05) is 31.7 Å². The predicted octanol–water partition coefficient (Wildman–Crippen LogP) is 0.689. The lowest BCUT2D eigenvalue weighted by atomic mass is 10.1. The zero-order chi connectivity index (χ0) is 13.7. The summed E-state index contributed by atoms with van der Waals surface area (Å²) in [6, 6.07) is 1.72.